The second-order valence-corrected chi connectivity index (χ2v) is 8.32. The monoisotopic (exact) mass is 400 g/mol. The average Bonchev–Trinajstić information content (AvgIpc) is 3.42. The summed E-state index contributed by atoms with van der Waals surface area (Å²) in [5.74, 6) is -0.190. The molecular formula is C24H20N2O2S. The Hall–Kier alpha value is -3.02. The second-order valence-electron chi connectivity index (χ2n) is 7.18. The summed E-state index contributed by atoms with van der Waals surface area (Å²) in [6.45, 7) is 0. The number of rotatable bonds is 4. The van der Waals surface area contributed by atoms with E-state index in [2.05, 4.69) is 94.9 Å². The Labute approximate surface area is 173 Å². The van der Waals surface area contributed by atoms with Crippen LogP contribution in [0.4, 0.5) is 0 Å². The van der Waals surface area contributed by atoms with Gasteiger partial charge in [0, 0.05) is 17.6 Å². The Morgan fingerprint density at radius 1 is 0.931 bits per heavy atom. The van der Waals surface area contributed by atoms with Crippen molar-refractivity contribution in [3.63, 3.8) is 0 Å². The lowest BCUT2D eigenvalue weighted by Gasteiger charge is -2.12. The first-order valence-corrected chi connectivity index (χ1v) is 10.6. The molecule has 0 amide bonds. The molecule has 3 aromatic carbocycles. The average molecular weight is 401 g/mol. The van der Waals surface area contributed by atoms with Crippen molar-refractivity contribution in [3.05, 3.63) is 90.6 Å². The third-order valence-corrected chi connectivity index (χ3v) is 6.64. The predicted octanol–water partition coefficient (Wildman–Crippen LogP) is 5.09. The van der Waals surface area contributed by atoms with Crippen molar-refractivity contribution in [2.75, 3.05) is 5.75 Å². The summed E-state index contributed by atoms with van der Waals surface area (Å²) >= 11 is 1.64. The van der Waals surface area contributed by atoms with Crippen LogP contribution >= 0.6 is 11.8 Å². The van der Waals surface area contributed by atoms with E-state index in [0.29, 0.717) is 5.75 Å². The van der Waals surface area contributed by atoms with E-state index < -0.39 is 12.0 Å². The van der Waals surface area contributed by atoms with E-state index in [1.54, 1.807) is 11.8 Å². The molecule has 2 heterocycles. The number of thioether (sulfide) groups is 1. The Balaban J connectivity index is 1.36. The quantitative estimate of drug-likeness (QED) is 0.501. The third kappa shape index (κ3) is 3.43. The van der Waals surface area contributed by atoms with Gasteiger partial charge in [-0.05, 0) is 46.3 Å². The van der Waals surface area contributed by atoms with E-state index in [4.69, 9.17) is 5.11 Å². The maximum atomic E-state index is 11.1. The molecule has 144 valence electrons. The van der Waals surface area contributed by atoms with Gasteiger partial charge >= 0.3 is 5.97 Å². The molecule has 1 aliphatic heterocycles. The number of aromatic nitrogens is 1. The van der Waals surface area contributed by atoms with Crippen molar-refractivity contribution in [2.45, 2.75) is 11.4 Å². The molecule has 1 fully saturated rings. The zero-order valence-corrected chi connectivity index (χ0v) is 16.5. The van der Waals surface area contributed by atoms with Gasteiger partial charge in [-0.25, -0.2) is 0 Å². The molecular weight excluding hydrogens is 380 g/mol. The zero-order chi connectivity index (χ0) is 19.8. The van der Waals surface area contributed by atoms with E-state index in [0.717, 1.165) is 22.4 Å². The first kappa shape index (κ1) is 18.0. The highest BCUT2D eigenvalue weighted by Crippen LogP contribution is 2.34. The summed E-state index contributed by atoms with van der Waals surface area (Å²) in [7, 11) is 0. The smallest absolute Gasteiger partial charge is 0.321 e. The number of nitrogens with one attached hydrogen (secondary N) is 1. The van der Waals surface area contributed by atoms with Crippen LogP contribution in [0.3, 0.4) is 0 Å². The number of hydrogen-bond donors (Lipinski definition) is 2. The van der Waals surface area contributed by atoms with Gasteiger partial charge in [0.25, 0.3) is 0 Å². The predicted molar refractivity (Wildman–Crippen MR) is 118 cm³/mol. The Morgan fingerprint density at radius 2 is 1.62 bits per heavy atom. The van der Waals surface area contributed by atoms with Gasteiger partial charge in [0.2, 0.25) is 0 Å². The van der Waals surface area contributed by atoms with E-state index in [1.807, 2.05) is 0 Å². The first-order valence-electron chi connectivity index (χ1n) is 9.56. The number of para-hydroxylation sites is 1. The molecule has 4 aromatic rings. The van der Waals surface area contributed by atoms with Crippen LogP contribution in [-0.4, -0.2) is 27.4 Å². The lowest BCUT2D eigenvalue weighted by molar-refractivity contribution is -0.138. The molecule has 1 aliphatic rings. The lowest BCUT2D eigenvalue weighted by atomic mass is 10.0. The SMILES string of the molecule is O=C(O)[C@@H]1CSC(c2ccc(-c3ccc(-n4ccc5ccccc54)cc3)cc2)N1. The number of fused-ring (bicyclic) bond motifs is 1. The van der Waals surface area contributed by atoms with Crippen molar-refractivity contribution in [1.82, 2.24) is 9.88 Å². The number of aliphatic carboxylic acids is 1. The van der Waals surface area contributed by atoms with Crippen molar-refractivity contribution in [1.29, 1.82) is 0 Å². The minimum Gasteiger partial charge on any atom is -0.480 e. The Bertz CT molecular complexity index is 1170. The van der Waals surface area contributed by atoms with Gasteiger partial charge in [-0.3, -0.25) is 10.1 Å². The van der Waals surface area contributed by atoms with Gasteiger partial charge in [-0.15, -0.1) is 11.8 Å². The van der Waals surface area contributed by atoms with Crippen LogP contribution in [0.1, 0.15) is 10.9 Å². The Morgan fingerprint density at radius 3 is 2.31 bits per heavy atom. The highest BCUT2D eigenvalue weighted by Gasteiger charge is 2.30. The summed E-state index contributed by atoms with van der Waals surface area (Å²) in [4.78, 5) is 11.1. The molecule has 1 aromatic heterocycles. The summed E-state index contributed by atoms with van der Waals surface area (Å²) < 4.78 is 2.20. The number of nitrogens with zero attached hydrogens (tertiary/aromatic N) is 1. The molecule has 4 nitrogen and oxygen atoms in total. The van der Waals surface area contributed by atoms with Crippen LogP contribution in [0, 0.1) is 0 Å². The van der Waals surface area contributed by atoms with Crippen LogP contribution in [-0.2, 0) is 4.79 Å². The topological polar surface area (TPSA) is 54.3 Å². The summed E-state index contributed by atoms with van der Waals surface area (Å²) in [5, 5.41) is 13.6. The van der Waals surface area contributed by atoms with Crippen molar-refractivity contribution in [3.8, 4) is 16.8 Å². The normalized spacial score (nSPS) is 18.9. The fraction of sp³-hybridized carbons (Fsp3) is 0.125. The maximum absolute atomic E-state index is 11.1. The Kier molecular flexibility index (Phi) is 4.62. The molecule has 0 bridgehead atoms. The first-order chi connectivity index (χ1) is 14.2. The summed E-state index contributed by atoms with van der Waals surface area (Å²) in [6.07, 6.45) is 2.10. The van der Waals surface area contributed by atoms with Gasteiger partial charge in [-0.1, -0.05) is 54.6 Å². The van der Waals surface area contributed by atoms with Gasteiger partial charge in [0.05, 0.1) is 10.9 Å². The van der Waals surface area contributed by atoms with E-state index in [9.17, 15) is 4.79 Å². The highest BCUT2D eigenvalue weighted by atomic mass is 32.2. The molecule has 0 spiro atoms. The molecule has 5 heteroatoms. The number of carboxylic acid groups (broad SMARTS) is 1. The van der Waals surface area contributed by atoms with Gasteiger partial charge < -0.3 is 9.67 Å². The summed E-state index contributed by atoms with van der Waals surface area (Å²) in [6, 6.07) is 27.0. The molecule has 0 saturated carbocycles. The van der Waals surface area contributed by atoms with Crippen LogP contribution < -0.4 is 5.32 Å². The third-order valence-electron chi connectivity index (χ3n) is 5.37. The number of benzene rings is 3. The molecule has 2 N–H and O–H groups in total. The molecule has 1 saturated heterocycles. The molecule has 0 radical (unpaired) electrons. The van der Waals surface area contributed by atoms with Gasteiger partial charge in [0.15, 0.2) is 0 Å². The van der Waals surface area contributed by atoms with Crippen molar-refractivity contribution >= 4 is 28.6 Å². The molecule has 1 unspecified atom stereocenters. The second kappa shape index (κ2) is 7.43. The van der Waals surface area contributed by atoms with Gasteiger partial charge in [-0.2, -0.15) is 0 Å². The van der Waals surface area contributed by atoms with Crippen LogP contribution in [0.5, 0.6) is 0 Å². The van der Waals surface area contributed by atoms with E-state index in [-0.39, 0.29) is 5.37 Å². The van der Waals surface area contributed by atoms with Crippen molar-refractivity contribution < 1.29 is 9.90 Å². The van der Waals surface area contributed by atoms with Crippen LogP contribution in [0.15, 0.2) is 85.1 Å². The van der Waals surface area contributed by atoms with Crippen LogP contribution in [0.25, 0.3) is 27.7 Å². The minimum absolute atomic E-state index is 0.0366. The van der Waals surface area contributed by atoms with Crippen LogP contribution in [0.2, 0.25) is 0 Å². The number of carbonyl (C=O) groups is 1. The fourth-order valence-electron chi connectivity index (χ4n) is 3.78. The highest BCUT2D eigenvalue weighted by molar-refractivity contribution is 7.99. The molecule has 0 aliphatic carbocycles. The molecule has 29 heavy (non-hydrogen) atoms. The zero-order valence-electron chi connectivity index (χ0n) is 15.7. The maximum Gasteiger partial charge on any atom is 0.321 e. The summed E-state index contributed by atoms with van der Waals surface area (Å²) in [5.41, 5.74) is 5.75. The minimum atomic E-state index is -0.785. The number of hydrogen-bond acceptors (Lipinski definition) is 3. The largest absolute Gasteiger partial charge is 0.480 e. The standard InChI is InChI=1S/C24H20N2O2S/c27-24(28)21-15-29-23(25-21)19-7-5-16(6-8-19)17-9-11-20(12-10-17)26-14-13-18-3-1-2-4-22(18)26/h1-14,21,23,25H,15H2,(H,27,28)/t21-,23?/m0/s1. The molecule has 5 rings (SSSR count). The van der Waals surface area contributed by atoms with Crippen molar-refractivity contribution in [2.24, 2.45) is 0 Å². The van der Waals surface area contributed by atoms with Gasteiger partial charge in [0.1, 0.15) is 6.04 Å². The fourth-order valence-corrected chi connectivity index (χ4v) is 5.01. The molecule has 2 atom stereocenters. The lowest BCUT2D eigenvalue weighted by Crippen LogP contribution is -2.33. The van der Waals surface area contributed by atoms with E-state index in [1.165, 1.54) is 10.9 Å². The number of carboxylic acids is 1. The van der Waals surface area contributed by atoms with E-state index >= 15 is 0 Å².